The van der Waals surface area contributed by atoms with Gasteiger partial charge in [-0.2, -0.15) is 5.10 Å². The maximum atomic E-state index is 11.5. The lowest BCUT2D eigenvalue weighted by Crippen LogP contribution is -2.61. The Morgan fingerprint density at radius 3 is 2.69 bits per heavy atom. The lowest BCUT2D eigenvalue weighted by atomic mass is 9.83. The lowest BCUT2D eigenvalue weighted by molar-refractivity contribution is -0.385. The van der Waals surface area contributed by atoms with Crippen molar-refractivity contribution in [1.82, 2.24) is 14.7 Å². The van der Waals surface area contributed by atoms with Crippen LogP contribution in [-0.4, -0.2) is 59.4 Å². The number of likely N-dealkylation sites (tertiary alicyclic amines) is 1. The molecule has 3 heterocycles. The van der Waals surface area contributed by atoms with Crippen molar-refractivity contribution in [2.24, 2.45) is 13.0 Å². The summed E-state index contributed by atoms with van der Waals surface area (Å²) < 4.78 is 7.03. The minimum absolute atomic E-state index is 0.0200. The number of methoxy groups -OCH3 is 1. The normalized spacial score (nSPS) is 22.7. The highest BCUT2D eigenvalue weighted by molar-refractivity contribution is 5.82. The van der Waals surface area contributed by atoms with E-state index in [9.17, 15) is 10.1 Å². The van der Waals surface area contributed by atoms with Gasteiger partial charge in [0.1, 0.15) is 0 Å². The standard InChI is InChI=1S/C18H23N5O3/c1-20-9-13-11-22(5-4-15(13)20)16-7-18(26-3)17(23(24)25)6-14(16)12-8-19-21(2)10-12/h6-8,10,13,15H,4-5,9,11H2,1-3H3. The zero-order valence-electron chi connectivity index (χ0n) is 15.3. The summed E-state index contributed by atoms with van der Waals surface area (Å²) in [6, 6.07) is 4.08. The average Bonchev–Trinajstić information content (AvgIpc) is 3.05. The Morgan fingerprint density at radius 1 is 1.31 bits per heavy atom. The van der Waals surface area contributed by atoms with Crippen molar-refractivity contribution in [2.75, 3.05) is 38.7 Å². The van der Waals surface area contributed by atoms with Crippen LogP contribution >= 0.6 is 0 Å². The van der Waals surface area contributed by atoms with E-state index in [0.29, 0.717) is 17.7 Å². The molecule has 2 saturated heterocycles. The highest BCUT2D eigenvalue weighted by Gasteiger charge is 2.41. The molecule has 0 radical (unpaired) electrons. The van der Waals surface area contributed by atoms with Crippen LogP contribution in [0.1, 0.15) is 6.42 Å². The predicted octanol–water partition coefficient (Wildman–Crippen LogP) is 2.14. The summed E-state index contributed by atoms with van der Waals surface area (Å²) in [6.07, 6.45) is 4.74. The molecule has 1 aromatic heterocycles. The lowest BCUT2D eigenvalue weighted by Gasteiger charge is -2.52. The number of benzene rings is 1. The van der Waals surface area contributed by atoms with Crippen LogP contribution in [0.25, 0.3) is 11.1 Å². The molecule has 2 aromatic rings. The number of nitro groups is 1. The molecule has 0 amide bonds. The van der Waals surface area contributed by atoms with E-state index in [-0.39, 0.29) is 5.69 Å². The van der Waals surface area contributed by atoms with Gasteiger partial charge in [-0.3, -0.25) is 14.8 Å². The average molecular weight is 357 g/mol. The Morgan fingerprint density at radius 2 is 2.12 bits per heavy atom. The Kier molecular flexibility index (Phi) is 4.07. The Balaban J connectivity index is 1.78. The summed E-state index contributed by atoms with van der Waals surface area (Å²) in [7, 11) is 5.49. The summed E-state index contributed by atoms with van der Waals surface area (Å²) in [4.78, 5) is 15.8. The van der Waals surface area contributed by atoms with Gasteiger partial charge in [-0.15, -0.1) is 0 Å². The third kappa shape index (κ3) is 2.70. The molecule has 8 heteroatoms. The summed E-state index contributed by atoms with van der Waals surface area (Å²) in [5.74, 6) is 0.946. The van der Waals surface area contributed by atoms with Gasteiger partial charge in [0.15, 0.2) is 5.75 Å². The molecule has 0 aliphatic carbocycles. The van der Waals surface area contributed by atoms with Gasteiger partial charge in [0.05, 0.1) is 18.2 Å². The first-order valence-corrected chi connectivity index (χ1v) is 8.78. The van der Waals surface area contributed by atoms with Crippen LogP contribution < -0.4 is 9.64 Å². The van der Waals surface area contributed by atoms with Gasteiger partial charge in [0.2, 0.25) is 0 Å². The molecule has 0 bridgehead atoms. The maximum absolute atomic E-state index is 11.5. The van der Waals surface area contributed by atoms with Crippen molar-refractivity contribution in [1.29, 1.82) is 0 Å². The highest BCUT2D eigenvalue weighted by atomic mass is 16.6. The van der Waals surface area contributed by atoms with E-state index in [1.54, 1.807) is 16.9 Å². The third-order valence-corrected chi connectivity index (χ3v) is 5.63. The monoisotopic (exact) mass is 357 g/mol. The summed E-state index contributed by atoms with van der Waals surface area (Å²) in [5.41, 5.74) is 2.67. The van der Waals surface area contributed by atoms with E-state index < -0.39 is 4.92 Å². The molecule has 4 rings (SSSR count). The number of nitro benzene ring substituents is 1. The number of rotatable bonds is 4. The molecule has 2 atom stereocenters. The van der Waals surface area contributed by atoms with Crippen molar-refractivity contribution in [3.8, 4) is 16.9 Å². The Labute approximate surface area is 152 Å². The van der Waals surface area contributed by atoms with Gasteiger partial charge in [-0.25, -0.2) is 0 Å². The highest BCUT2D eigenvalue weighted by Crippen LogP contribution is 2.42. The third-order valence-electron chi connectivity index (χ3n) is 5.63. The number of hydrogen-bond donors (Lipinski definition) is 0. The topological polar surface area (TPSA) is 76.7 Å². The zero-order chi connectivity index (χ0) is 18.4. The van der Waals surface area contributed by atoms with Crippen molar-refractivity contribution in [2.45, 2.75) is 12.5 Å². The number of anilines is 1. The molecule has 2 fully saturated rings. The number of ether oxygens (including phenoxy) is 1. The second-order valence-electron chi connectivity index (χ2n) is 7.20. The van der Waals surface area contributed by atoms with Gasteiger partial charge in [0.25, 0.3) is 0 Å². The van der Waals surface area contributed by atoms with Crippen LogP contribution in [0.4, 0.5) is 11.4 Å². The van der Waals surface area contributed by atoms with Gasteiger partial charge >= 0.3 is 5.69 Å². The van der Waals surface area contributed by atoms with E-state index >= 15 is 0 Å². The van der Waals surface area contributed by atoms with Crippen LogP contribution in [0, 0.1) is 16.0 Å². The van der Waals surface area contributed by atoms with E-state index in [1.165, 1.54) is 7.11 Å². The molecular weight excluding hydrogens is 334 g/mol. The molecule has 1 aromatic carbocycles. The van der Waals surface area contributed by atoms with Gasteiger partial charge in [0, 0.05) is 73.8 Å². The van der Waals surface area contributed by atoms with E-state index in [0.717, 1.165) is 42.9 Å². The zero-order valence-corrected chi connectivity index (χ0v) is 15.3. The van der Waals surface area contributed by atoms with Crippen LogP contribution in [0.3, 0.4) is 0 Å². The van der Waals surface area contributed by atoms with Crippen LogP contribution in [0.15, 0.2) is 24.5 Å². The summed E-state index contributed by atoms with van der Waals surface area (Å²) in [6.45, 7) is 3.00. The van der Waals surface area contributed by atoms with Crippen molar-refractivity contribution >= 4 is 11.4 Å². The molecule has 0 N–H and O–H groups in total. The smallest absolute Gasteiger partial charge is 0.311 e. The van der Waals surface area contributed by atoms with E-state index in [2.05, 4.69) is 21.9 Å². The van der Waals surface area contributed by atoms with Crippen LogP contribution in [0.2, 0.25) is 0 Å². The van der Waals surface area contributed by atoms with Gasteiger partial charge < -0.3 is 14.5 Å². The predicted molar refractivity (Wildman–Crippen MR) is 98.6 cm³/mol. The fourth-order valence-electron chi connectivity index (χ4n) is 4.28. The van der Waals surface area contributed by atoms with E-state index in [1.807, 2.05) is 19.3 Å². The second kappa shape index (κ2) is 6.28. The maximum Gasteiger partial charge on any atom is 0.311 e. The molecular formula is C18H23N5O3. The fourth-order valence-corrected chi connectivity index (χ4v) is 4.28. The Bertz CT molecular complexity index is 849. The van der Waals surface area contributed by atoms with Gasteiger partial charge in [-0.05, 0) is 13.5 Å². The number of hydrogen-bond acceptors (Lipinski definition) is 6. The first kappa shape index (κ1) is 16.8. The van der Waals surface area contributed by atoms with Crippen molar-refractivity contribution < 1.29 is 9.66 Å². The molecule has 26 heavy (non-hydrogen) atoms. The van der Waals surface area contributed by atoms with Crippen LogP contribution in [-0.2, 0) is 7.05 Å². The summed E-state index contributed by atoms with van der Waals surface area (Å²) >= 11 is 0. The molecule has 138 valence electrons. The number of aryl methyl sites for hydroxylation is 1. The SMILES string of the molecule is COc1cc(N2CCC3C(C2)CN3C)c(-c2cnn(C)c2)cc1[N+](=O)[O-]. The first-order valence-electron chi connectivity index (χ1n) is 8.78. The minimum Gasteiger partial charge on any atom is -0.490 e. The molecule has 2 aliphatic heterocycles. The molecule has 2 aliphatic rings. The van der Waals surface area contributed by atoms with Crippen molar-refractivity contribution in [3.05, 3.63) is 34.6 Å². The number of piperidine rings is 1. The van der Waals surface area contributed by atoms with Crippen molar-refractivity contribution in [3.63, 3.8) is 0 Å². The second-order valence-corrected chi connectivity index (χ2v) is 7.20. The molecule has 2 unspecified atom stereocenters. The molecule has 8 nitrogen and oxygen atoms in total. The fraction of sp³-hybridized carbons (Fsp3) is 0.500. The number of fused-ring (bicyclic) bond motifs is 1. The Hall–Kier alpha value is -2.61. The molecule has 0 spiro atoms. The first-order chi connectivity index (χ1) is 12.5. The van der Waals surface area contributed by atoms with Crippen LogP contribution in [0.5, 0.6) is 5.75 Å². The minimum atomic E-state index is -0.393. The number of aromatic nitrogens is 2. The largest absolute Gasteiger partial charge is 0.490 e. The van der Waals surface area contributed by atoms with Gasteiger partial charge in [-0.1, -0.05) is 0 Å². The number of nitrogens with zero attached hydrogens (tertiary/aromatic N) is 5. The molecule has 0 saturated carbocycles. The quantitative estimate of drug-likeness (QED) is 0.616. The summed E-state index contributed by atoms with van der Waals surface area (Å²) in [5, 5.41) is 15.7. The van der Waals surface area contributed by atoms with E-state index in [4.69, 9.17) is 4.74 Å².